The molecule has 0 bridgehead atoms. The van der Waals surface area contributed by atoms with Gasteiger partial charge in [0.05, 0.1) is 0 Å². The average molecular weight is 543 g/mol. The van der Waals surface area contributed by atoms with Gasteiger partial charge in [0.2, 0.25) is 23.6 Å². The molecule has 11 nitrogen and oxygen atoms in total. The summed E-state index contributed by atoms with van der Waals surface area (Å²) >= 11 is 0. The standard InChI is InChI=1S/C13H25N3O2.C12H20N2O3.CH5N.CH4/c1-4-12(17)15-6-7-16(13(18)5-2)10-11(9-15)8-14-3;1-3-11(16)13-5-6-14(12(17)4-2)8-10(7-13)9-15;1-2;/h11,14H,4-10H2,1-3H3;9-10H,3-8H2,1-2H3;2H2,1H3;1H4. The first kappa shape index (κ1) is 37.6. The normalized spacial score (nSPS) is 16.5. The predicted molar refractivity (Wildman–Crippen MR) is 151 cm³/mol. The van der Waals surface area contributed by atoms with Gasteiger partial charge in [0, 0.05) is 96.4 Å². The third-order valence-electron chi connectivity index (χ3n) is 6.45. The van der Waals surface area contributed by atoms with Crippen molar-refractivity contribution in [3.05, 3.63) is 0 Å². The Hall–Kier alpha value is -2.53. The van der Waals surface area contributed by atoms with E-state index in [1.54, 1.807) is 23.6 Å². The summed E-state index contributed by atoms with van der Waals surface area (Å²) in [5.74, 6) is 0.515. The van der Waals surface area contributed by atoms with E-state index in [4.69, 9.17) is 0 Å². The molecule has 222 valence electrons. The first-order valence-electron chi connectivity index (χ1n) is 13.5. The fraction of sp³-hybridized carbons (Fsp3) is 0.815. The van der Waals surface area contributed by atoms with Crippen molar-refractivity contribution in [1.29, 1.82) is 0 Å². The van der Waals surface area contributed by atoms with Gasteiger partial charge in [0.15, 0.2) is 0 Å². The predicted octanol–water partition coefficient (Wildman–Crippen LogP) is 0.816. The first-order chi connectivity index (χ1) is 17.7. The van der Waals surface area contributed by atoms with Crippen LogP contribution in [-0.2, 0) is 24.0 Å². The lowest BCUT2D eigenvalue weighted by Crippen LogP contribution is -2.38. The van der Waals surface area contributed by atoms with E-state index in [1.165, 1.54) is 7.05 Å². The van der Waals surface area contributed by atoms with Gasteiger partial charge in [-0.2, -0.15) is 0 Å². The van der Waals surface area contributed by atoms with E-state index in [9.17, 15) is 24.0 Å². The Morgan fingerprint density at radius 1 is 0.684 bits per heavy atom. The molecule has 0 saturated carbocycles. The van der Waals surface area contributed by atoms with Gasteiger partial charge in [-0.3, -0.25) is 19.2 Å². The molecule has 0 atom stereocenters. The van der Waals surface area contributed by atoms with Crippen LogP contribution in [0, 0.1) is 11.8 Å². The number of hydrogen-bond donors (Lipinski definition) is 2. The molecule has 2 heterocycles. The molecule has 4 amide bonds. The maximum absolute atomic E-state index is 11.8. The van der Waals surface area contributed by atoms with E-state index in [0.29, 0.717) is 70.9 Å². The topological polar surface area (TPSA) is 136 Å². The lowest BCUT2D eigenvalue weighted by Gasteiger charge is -2.24. The molecule has 38 heavy (non-hydrogen) atoms. The van der Waals surface area contributed by atoms with E-state index in [1.807, 2.05) is 30.7 Å². The summed E-state index contributed by atoms with van der Waals surface area (Å²) in [6.45, 7) is 13.0. The van der Waals surface area contributed by atoms with E-state index in [2.05, 4.69) is 11.1 Å². The van der Waals surface area contributed by atoms with Crippen LogP contribution in [0.15, 0.2) is 0 Å². The Balaban J connectivity index is 0. The average Bonchev–Trinajstić information content (AvgIpc) is 3.29. The van der Waals surface area contributed by atoms with Crippen LogP contribution in [0.3, 0.4) is 0 Å². The zero-order chi connectivity index (χ0) is 28.4. The van der Waals surface area contributed by atoms with Crippen LogP contribution >= 0.6 is 0 Å². The van der Waals surface area contributed by atoms with Crippen molar-refractivity contribution in [3.63, 3.8) is 0 Å². The van der Waals surface area contributed by atoms with Crippen molar-refractivity contribution >= 4 is 29.9 Å². The number of rotatable bonds is 7. The lowest BCUT2D eigenvalue weighted by molar-refractivity contribution is -0.133. The maximum atomic E-state index is 11.8. The van der Waals surface area contributed by atoms with Crippen LogP contribution in [0.1, 0.15) is 60.8 Å². The van der Waals surface area contributed by atoms with Crippen LogP contribution in [0.2, 0.25) is 0 Å². The summed E-state index contributed by atoms with van der Waals surface area (Å²) in [5, 5.41) is 3.14. The van der Waals surface area contributed by atoms with Crippen molar-refractivity contribution in [2.24, 2.45) is 17.6 Å². The molecular weight excluding hydrogens is 488 g/mol. The van der Waals surface area contributed by atoms with E-state index in [0.717, 1.165) is 25.9 Å². The van der Waals surface area contributed by atoms with Crippen LogP contribution in [-0.4, -0.2) is 123 Å². The molecule has 11 heteroatoms. The minimum absolute atomic E-state index is 0. The highest BCUT2D eigenvalue weighted by atomic mass is 16.2. The Morgan fingerprint density at radius 2 is 0.974 bits per heavy atom. The quantitative estimate of drug-likeness (QED) is 0.455. The van der Waals surface area contributed by atoms with Gasteiger partial charge < -0.3 is 35.4 Å². The lowest BCUT2D eigenvalue weighted by atomic mass is 10.1. The fourth-order valence-corrected chi connectivity index (χ4v) is 4.46. The largest absolute Gasteiger partial charge is 0.341 e. The number of nitrogens with zero attached hydrogens (tertiary/aromatic N) is 4. The zero-order valence-corrected chi connectivity index (χ0v) is 23.8. The van der Waals surface area contributed by atoms with Gasteiger partial charge in [-0.15, -0.1) is 0 Å². The van der Waals surface area contributed by atoms with Crippen LogP contribution in [0.25, 0.3) is 0 Å². The molecule has 3 N–H and O–H groups in total. The second kappa shape index (κ2) is 21.4. The molecule has 2 rings (SSSR count). The number of aldehydes is 1. The number of carbonyl (C=O) groups is 5. The monoisotopic (exact) mass is 542 g/mol. The van der Waals surface area contributed by atoms with Crippen LogP contribution in [0.5, 0.6) is 0 Å². The van der Waals surface area contributed by atoms with Crippen molar-refractivity contribution in [1.82, 2.24) is 24.9 Å². The van der Waals surface area contributed by atoms with Crippen molar-refractivity contribution < 1.29 is 24.0 Å². The fourth-order valence-electron chi connectivity index (χ4n) is 4.46. The molecule has 0 aromatic carbocycles. The van der Waals surface area contributed by atoms with Crippen molar-refractivity contribution in [2.75, 3.05) is 73.0 Å². The van der Waals surface area contributed by atoms with Gasteiger partial charge >= 0.3 is 0 Å². The molecule has 2 saturated heterocycles. The summed E-state index contributed by atoms with van der Waals surface area (Å²) in [7, 11) is 3.41. The minimum atomic E-state index is -0.261. The Labute approximate surface area is 230 Å². The Kier molecular flexibility index (Phi) is 21.2. The molecule has 2 aliphatic rings. The summed E-state index contributed by atoms with van der Waals surface area (Å²) in [6, 6.07) is 0. The van der Waals surface area contributed by atoms with Crippen LogP contribution < -0.4 is 11.1 Å². The summed E-state index contributed by atoms with van der Waals surface area (Å²) < 4.78 is 0. The summed E-state index contributed by atoms with van der Waals surface area (Å²) in [4.78, 5) is 65.0. The molecule has 2 aliphatic heterocycles. The first-order valence-corrected chi connectivity index (χ1v) is 13.5. The smallest absolute Gasteiger partial charge is 0.222 e. The summed E-state index contributed by atoms with van der Waals surface area (Å²) in [5.41, 5.74) is 4.50. The van der Waals surface area contributed by atoms with Crippen molar-refractivity contribution in [3.8, 4) is 0 Å². The molecule has 0 aromatic rings. The maximum Gasteiger partial charge on any atom is 0.222 e. The van der Waals surface area contributed by atoms with Gasteiger partial charge in [-0.25, -0.2) is 0 Å². The number of amides is 4. The SMILES string of the molecule is C.CCC(=O)N1CCN(C(=O)CC)CC(C=O)C1.CCC(=O)N1CCN(C(=O)CC)CC(CNC)C1.CN. The number of hydrogen-bond acceptors (Lipinski definition) is 7. The molecule has 0 aliphatic carbocycles. The summed E-state index contributed by atoms with van der Waals surface area (Å²) in [6.07, 6.45) is 2.79. The van der Waals surface area contributed by atoms with E-state index < -0.39 is 0 Å². The van der Waals surface area contributed by atoms with Gasteiger partial charge in [-0.1, -0.05) is 35.1 Å². The number of nitrogens with one attached hydrogen (secondary N) is 1. The van der Waals surface area contributed by atoms with E-state index >= 15 is 0 Å². The van der Waals surface area contributed by atoms with Gasteiger partial charge in [0.25, 0.3) is 0 Å². The molecule has 0 aromatic heterocycles. The minimum Gasteiger partial charge on any atom is -0.341 e. The Morgan fingerprint density at radius 3 is 1.21 bits per heavy atom. The molecule has 0 spiro atoms. The zero-order valence-electron chi connectivity index (χ0n) is 23.8. The third-order valence-corrected chi connectivity index (χ3v) is 6.45. The second-order valence-corrected chi connectivity index (χ2v) is 9.09. The molecule has 0 unspecified atom stereocenters. The Bertz CT molecular complexity index is 668. The molecule has 0 radical (unpaired) electrons. The molecular formula is C27H54N6O5. The number of carbonyl (C=O) groups excluding carboxylic acids is 5. The van der Waals surface area contributed by atoms with Crippen LogP contribution in [0.4, 0.5) is 0 Å². The highest BCUT2D eigenvalue weighted by molar-refractivity contribution is 5.78. The van der Waals surface area contributed by atoms with E-state index in [-0.39, 0.29) is 37.0 Å². The molecule has 2 fully saturated rings. The van der Waals surface area contributed by atoms with Gasteiger partial charge in [0.1, 0.15) is 6.29 Å². The highest BCUT2D eigenvalue weighted by Crippen LogP contribution is 2.12. The highest BCUT2D eigenvalue weighted by Gasteiger charge is 2.27. The third kappa shape index (κ3) is 12.8. The van der Waals surface area contributed by atoms with Gasteiger partial charge in [-0.05, 0) is 14.1 Å². The second-order valence-electron chi connectivity index (χ2n) is 9.09. The number of nitrogens with two attached hydrogens (primary N) is 1. The van der Waals surface area contributed by atoms with Crippen molar-refractivity contribution in [2.45, 2.75) is 60.8 Å².